The molecule has 0 radical (unpaired) electrons. The Morgan fingerprint density at radius 1 is 1.40 bits per heavy atom. The Morgan fingerprint density at radius 2 is 2.15 bits per heavy atom. The lowest BCUT2D eigenvalue weighted by Crippen LogP contribution is -2.33. The van der Waals surface area contributed by atoms with Crippen LogP contribution in [-0.4, -0.2) is 26.2 Å². The van der Waals surface area contributed by atoms with Gasteiger partial charge >= 0.3 is 0 Å². The third-order valence-corrected chi connectivity index (χ3v) is 5.60. The van der Waals surface area contributed by atoms with E-state index in [0.717, 1.165) is 24.8 Å². The summed E-state index contributed by atoms with van der Waals surface area (Å²) in [6, 6.07) is 4.72. The number of halogens is 1. The third kappa shape index (κ3) is 3.95. The average molecular weight is 318 g/mol. The van der Waals surface area contributed by atoms with Crippen LogP contribution < -0.4 is 4.72 Å². The van der Waals surface area contributed by atoms with E-state index in [0.29, 0.717) is 18.0 Å². The zero-order chi connectivity index (χ0) is 14.8. The van der Waals surface area contributed by atoms with Gasteiger partial charge in [-0.05, 0) is 49.8 Å². The average Bonchev–Trinajstić information content (AvgIpc) is 2.40. The third-order valence-electron chi connectivity index (χ3n) is 3.77. The molecule has 0 spiro atoms. The van der Waals surface area contributed by atoms with Gasteiger partial charge in [0.05, 0.1) is 11.0 Å². The monoisotopic (exact) mass is 317 g/mol. The largest absolute Gasteiger partial charge is 0.393 e. The molecule has 0 unspecified atom stereocenters. The first-order chi connectivity index (χ1) is 9.38. The van der Waals surface area contributed by atoms with Crippen molar-refractivity contribution in [3.8, 4) is 0 Å². The summed E-state index contributed by atoms with van der Waals surface area (Å²) in [5, 5.41) is 10.0. The van der Waals surface area contributed by atoms with Crippen LogP contribution in [0.15, 0.2) is 23.1 Å². The van der Waals surface area contributed by atoms with Crippen molar-refractivity contribution in [1.29, 1.82) is 0 Å². The number of aryl methyl sites for hydroxylation is 1. The fourth-order valence-electron chi connectivity index (χ4n) is 2.50. The molecule has 0 saturated heterocycles. The minimum Gasteiger partial charge on any atom is -0.393 e. The predicted octanol–water partition coefficient (Wildman–Crippen LogP) is 2.48. The van der Waals surface area contributed by atoms with E-state index >= 15 is 0 Å². The lowest BCUT2D eigenvalue weighted by atomic mass is 9.87. The van der Waals surface area contributed by atoms with Crippen LogP contribution in [0.2, 0.25) is 5.02 Å². The van der Waals surface area contributed by atoms with Crippen LogP contribution in [-0.2, 0) is 10.0 Å². The molecule has 0 amide bonds. The van der Waals surface area contributed by atoms with E-state index in [1.54, 1.807) is 12.1 Å². The molecule has 0 aromatic heterocycles. The number of aliphatic hydroxyl groups is 1. The Hall–Kier alpha value is -0.620. The molecule has 20 heavy (non-hydrogen) atoms. The van der Waals surface area contributed by atoms with Gasteiger partial charge in [0.2, 0.25) is 10.0 Å². The number of nitrogens with one attached hydrogen (secondary N) is 1. The Kier molecular flexibility index (Phi) is 5.07. The van der Waals surface area contributed by atoms with Crippen LogP contribution in [0.1, 0.15) is 31.2 Å². The normalized spacial score (nSPS) is 23.8. The topological polar surface area (TPSA) is 66.4 Å². The Bertz CT molecular complexity index is 574. The van der Waals surface area contributed by atoms with Crippen LogP contribution in [0, 0.1) is 12.8 Å². The molecule has 0 aliphatic heterocycles. The van der Waals surface area contributed by atoms with Crippen molar-refractivity contribution in [3.63, 3.8) is 0 Å². The minimum atomic E-state index is -3.53. The highest BCUT2D eigenvalue weighted by Gasteiger charge is 2.22. The molecule has 1 aromatic rings. The van der Waals surface area contributed by atoms with Gasteiger partial charge in [-0.25, -0.2) is 13.1 Å². The molecule has 2 rings (SSSR count). The molecular weight excluding hydrogens is 298 g/mol. The molecule has 1 saturated carbocycles. The fourth-order valence-corrected chi connectivity index (χ4v) is 3.89. The maximum Gasteiger partial charge on any atom is 0.240 e. The van der Waals surface area contributed by atoms with Crippen LogP contribution in [0.4, 0.5) is 0 Å². The number of rotatable bonds is 4. The molecule has 0 heterocycles. The zero-order valence-corrected chi connectivity index (χ0v) is 13.0. The zero-order valence-electron chi connectivity index (χ0n) is 11.5. The van der Waals surface area contributed by atoms with E-state index in [1.165, 1.54) is 6.07 Å². The molecule has 1 aromatic carbocycles. The second kappa shape index (κ2) is 6.43. The highest BCUT2D eigenvalue weighted by Crippen LogP contribution is 2.24. The number of sulfonamides is 1. The van der Waals surface area contributed by atoms with Gasteiger partial charge < -0.3 is 5.11 Å². The predicted molar refractivity (Wildman–Crippen MR) is 79.3 cm³/mol. The second-order valence-electron chi connectivity index (χ2n) is 5.45. The minimum absolute atomic E-state index is 0.185. The number of hydrogen-bond donors (Lipinski definition) is 2. The van der Waals surface area contributed by atoms with Gasteiger partial charge in [0.1, 0.15) is 0 Å². The number of benzene rings is 1. The van der Waals surface area contributed by atoms with Crippen molar-refractivity contribution < 1.29 is 13.5 Å². The molecular formula is C14H20ClNO3S. The molecule has 0 bridgehead atoms. The molecule has 1 fully saturated rings. The van der Waals surface area contributed by atoms with Gasteiger partial charge in [-0.3, -0.25) is 0 Å². The van der Waals surface area contributed by atoms with Gasteiger partial charge in [0.25, 0.3) is 0 Å². The summed E-state index contributed by atoms with van der Waals surface area (Å²) in [6.07, 6.45) is 3.08. The van der Waals surface area contributed by atoms with E-state index in [9.17, 15) is 13.5 Å². The number of aliphatic hydroxyl groups excluding tert-OH is 1. The van der Waals surface area contributed by atoms with Gasteiger partial charge in [0.15, 0.2) is 0 Å². The molecule has 112 valence electrons. The summed E-state index contributed by atoms with van der Waals surface area (Å²) in [5.41, 5.74) is 0.848. The molecule has 1 aliphatic rings. The highest BCUT2D eigenvalue weighted by molar-refractivity contribution is 7.89. The molecule has 1 aliphatic carbocycles. The van der Waals surface area contributed by atoms with Crippen molar-refractivity contribution in [2.24, 2.45) is 5.92 Å². The lowest BCUT2D eigenvalue weighted by Gasteiger charge is -2.25. The SMILES string of the molecule is Cc1ccc(S(=O)(=O)NC[C@@H]2CCC[C@H](O)C2)cc1Cl. The first-order valence-electron chi connectivity index (χ1n) is 6.82. The maximum absolute atomic E-state index is 12.2. The fraction of sp³-hybridized carbons (Fsp3) is 0.571. The van der Waals surface area contributed by atoms with Crippen LogP contribution >= 0.6 is 11.6 Å². The quantitative estimate of drug-likeness (QED) is 0.896. The van der Waals surface area contributed by atoms with Gasteiger partial charge in [0, 0.05) is 11.6 Å². The Balaban J connectivity index is 2.01. The Morgan fingerprint density at radius 3 is 2.80 bits per heavy atom. The smallest absolute Gasteiger partial charge is 0.240 e. The summed E-state index contributed by atoms with van der Waals surface area (Å²) >= 11 is 5.96. The summed E-state index contributed by atoms with van der Waals surface area (Å²) in [6.45, 7) is 2.19. The van der Waals surface area contributed by atoms with Crippen LogP contribution in [0.5, 0.6) is 0 Å². The van der Waals surface area contributed by atoms with Crippen molar-refractivity contribution in [3.05, 3.63) is 28.8 Å². The van der Waals surface area contributed by atoms with Crippen LogP contribution in [0.25, 0.3) is 0 Å². The van der Waals surface area contributed by atoms with Crippen molar-refractivity contribution in [1.82, 2.24) is 4.72 Å². The van der Waals surface area contributed by atoms with Crippen molar-refractivity contribution in [2.45, 2.75) is 43.6 Å². The standard InChI is InChI=1S/C14H20ClNO3S/c1-10-5-6-13(8-14(10)15)20(18,19)16-9-11-3-2-4-12(17)7-11/h5-6,8,11-12,16-17H,2-4,7,9H2,1H3/t11-,12+/m1/s1. The van der Waals surface area contributed by atoms with E-state index in [2.05, 4.69) is 4.72 Å². The molecule has 4 nitrogen and oxygen atoms in total. The van der Waals surface area contributed by atoms with E-state index in [-0.39, 0.29) is 16.9 Å². The maximum atomic E-state index is 12.2. The van der Waals surface area contributed by atoms with E-state index in [4.69, 9.17) is 11.6 Å². The van der Waals surface area contributed by atoms with Crippen LogP contribution in [0.3, 0.4) is 0 Å². The number of hydrogen-bond acceptors (Lipinski definition) is 3. The van der Waals surface area contributed by atoms with Gasteiger partial charge in [-0.15, -0.1) is 0 Å². The summed E-state index contributed by atoms with van der Waals surface area (Å²) in [7, 11) is -3.53. The summed E-state index contributed by atoms with van der Waals surface area (Å²) < 4.78 is 27.0. The molecule has 2 N–H and O–H groups in total. The van der Waals surface area contributed by atoms with Crippen molar-refractivity contribution >= 4 is 21.6 Å². The molecule has 2 atom stereocenters. The first-order valence-corrected chi connectivity index (χ1v) is 8.68. The second-order valence-corrected chi connectivity index (χ2v) is 7.62. The van der Waals surface area contributed by atoms with Gasteiger partial charge in [-0.2, -0.15) is 0 Å². The first kappa shape index (κ1) is 15.8. The Labute approximate surface area is 125 Å². The molecule has 6 heteroatoms. The van der Waals surface area contributed by atoms with Gasteiger partial charge in [-0.1, -0.05) is 24.1 Å². The van der Waals surface area contributed by atoms with E-state index in [1.807, 2.05) is 6.92 Å². The van der Waals surface area contributed by atoms with E-state index < -0.39 is 10.0 Å². The summed E-state index contributed by atoms with van der Waals surface area (Å²) in [4.78, 5) is 0.185. The lowest BCUT2D eigenvalue weighted by molar-refractivity contribution is 0.102. The highest BCUT2D eigenvalue weighted by atomic mass is 35.5. The van der Waals surface area contributed by atoms with Crippen molar-refractivity contribution in [2.75, 3.05) is 6.54 Å². The summed E-state index contributed by atoms with van der Waals surface area (Å²) in [5.74, 6) is 0.203.